The number of nitrogens with zero attached hydrogens (tertiary/aromatic N) is 1. The number of nitrogens with two attached hydrogens (primary N) is 1. The number of carbonyl (C=O) groups excluding carboxylic acids is 1. The molecule has 5 heteroatoms. The van der Waals surface area contributed by atoms with E-state index >= 15 is 0 Å². The standard InChI is InChI=1S/C14H18F2N2O/c1-2-18(14(17)19)11-5-3-9(7-11)12-6-4-10(15)8-13(12)16/h4,6,8-9,11H,2-3,5,7H2,1H3,(H2,17,19). The van der Waals surface area contributed by atoms with E-state index in [2.05, 4.69) is 0 Å². The number of rotatable bonds is 3. The van der Waals surface area contributed by atoms with E-state index in [4.69, 9.17) is 5.73 Å². The minimum absolute atomic E-state index is 0.0269. The summed E-state index contributed by atoms with van der Waals surface area (Å²) in [5.41, 5.74) is 5.86. The maximum atomic E-state index is 13.7. The molecule has 2 amide bonds. The molecule has 3 nitrogen and oxygen atoms in total. The molecule has 2 unspecified atom stereocenters. The fourth-order valence-corrected chi connectivity index (χ4v) is 2.95. The van der Waals surface area contributed by atoms with E-state index in [1.54, 1.807) is 4.90 Å². The van der Waals surface area contributed by atoms with Crippen LogP contribution in [0.3, 0.4) is 0 Å². The van der Waals surface area contributed by atoms with Gasteiger partial charge >= 0.3 is 6.03 Å². The maximum absolute atomic E-state index is 13.7. The zero-order valence-corrected chi connectivity index (χ0v) is 10.9. The summed E-state index contributed by atoms with van der Waals surface area (Å²) in [6.45, 7) is 2.43. The van der Waals surface area contributed by atoms with Crippen LogP contribution in [-0.4, -0.2) is 23.5 Å². The average molecular weight is 268 g/mol. The van der Waals surface area contributed by atoms with E-state index in [1.807, 2.05) is 6.92 Å². The molecule has 0 aliphatic heterocycles. The zero-order chi connectivity index (χ0) is 14.0. The lowest BCUT2D eigenvalue weighted by Gasteiger charge is -2.25. The Bertz CT molecular complexity index is 479. The minimum atomic E-state index is -0.567. The van der Waals surface area contributed by atoms with Gasteiger partial charge < -0.3 is 10.6 Å². The van der Waals surface area contributed by atoms with E-state index in [9.17, 15) is 13.6 Å². The summed E-state index contributed by atoms with van der Waals surface area (Å²) in [5.74, 6) is -1.05. The molecule has 19 heavy (non-hydrogen) atoms. The van der Waals surface area contributed by atoms with Gasteiger partial charge in [-0.2, -0.15) is 0 Å². The Morgan fingerprint density at radius 2 is 2.16 bits per heavy atom. The van der Waals surface area contributed by atoms with Crippen LogP contribution in [0, 0.1) is 11.6 Å². The van der Waals surface area contributed by atoms with Crippen molar-refractivity contribution in [3.63, 3.8) is 0 Å². The number of benzene rings is 1. The molecule has 1 aromatic rings. The predicted molar refractivity (Wildman–Crippen MR) is 68.7 cm³/mol. The second-order valence-electron chi connectivity index (χ2n) is 4.95. The van der Waals surface area contributed by atoms with Crippen LogP contribution in [0.5, 0.6) is 0 Å². The summed E-state index contributed by atoms with van der Waals surface area (Å²) < 4.78 is 26.6. The van der Waals surface area contributed by atoms with Crippen LogP contribution < -0.4 is 5.73 Å². The summed E-state index contributed by atoms with van der Waals surface area (Å²) in [5, 5.41) is 0. The highest BCUT2D eigenvalue weighted by Crippen LogP contribution is 2.37. The molecule has 0 spiro atoms. The van der Waals surface area contributed by atoms with Gasteiger partial charge in [-0.15, -0.1) is 0 Å². The van der Waals surface area contributed by atoms with E-state index in [-0.39, 0.29) is 12.0 Å². The zero-order valence-electron chi connectivity index (χ0n) is 10.9. The number of primary amides is 1. The lowest BCUT2D eigenvalue weighted by molar-refractivity contribution is 0.188. The smallest absolute Gasteiger partial charge is 0.315 e. The summed E-state index contributed by atoms with van der Waals surface area (Å²) in [6, 6.07) is 3.30. The molecule has 0 saturated heterocycles. The largest absolute Gasteiger partial charge is 0.351 e. The Labute approximate surface area is 111 Å². The van der Waals surface area contributed by atoms with Crippen molar-refractivity contribution in [3.05, 3.63) is 35.4 Å². The molecule has 0 aromatic heterocycles. The molecule has 2 rings (SSSR count). The Morgan fingerprint density at radius 1 is 1.42 bits per heavy atom. The molecule has 2 N–H and O–H groups in total. The van der Waals surface area contributed by atoms with Crippen molar-refractivity contribution in [2.24, 2.45) is 5.73 Å². The van der Waals surface area contributed by atoms with Crippen molar-refractivity contribution >= 4 is 6.03 Å². The Morgan fingerprint density at radius 3 is 2.74 bits per heavy atom. The van der Waals surface area contributed by atoms with Crippen LogP contribution >= 0.6 is 0 Å². The monoisotopic (exact) mass is 268 g/mol. The summed E-state index contributed by atoms with van der Waals surface area (Å²) in [7, 11) is 0. The number of hydrogen-bond donors (Lipinski definition) is 1. The second-order valence-corrected chi connectivity index (χ2v) is 4.95. The number of halogens is 2. The van der Waals surface area contributed by atoms with Gasteiger partial charge in [-0.1, -0.05) is 6.07 Å². The van der Waals surface area contributed by atoms with Crippen molar-refractivity contribution in [1.82, 2.24) is 4.90 Å². The van der Waals surface area contributed by atoms with Crippen LogP contribution in [-0.2, 0) is 0 Å². The fraction of sp³-hybridized carbons (Fsp3) is 0.500. The molecule has 1 aliphatic rings. The molecule has 2 atom stereocenters. The first-order chi connectivity index (χ1) is 9.02. The lowest BCUT2D eigenvalue weighted by atomic mass is 9.96. The third-order valence-corrected chi connectivity index (χ3v) is 3.87. The van der Waals surface area contributed by atoms with Gasteiger partial charge in [0.25, 0.3) is 0 Å². The van der Waals surface area contributed by atoms with Gasteiger partial charge in [0.15, 0.2) is 0 Å². The molecular weight excluding hydrogens is 250 g/mol. The van der Waals surface area contributed by atoms with E-state index < -0.39 is 17.7 Å². The van der Waals surface area contributed by atoms with Gasteiger partial charge in [0.05, 0.1) is 0 Å². The highest BCUT2D eigenvalue weighted by Gasteiger charge is 2.32. The lowest BCUT2D eigenvalue weighted by Crippen LogP contribution is -2.42. The minimum Gasteiger partial charge on any atom is -0.351 e. The second kappa shape index (κ2) is 5.55. The van der Waals surface area contributed by atoms with Crippen molar-refractivity contribution in [3.8, 4) is 0 Å². The molecule has 1 aliphatic carbocycles. The van der Waals surface area contributed by atoms with Crippen LogP contribution in [0.4, 0.5) is 13.6 Å². The number of hydrogen-bond acceptors (Lipinski definition) is 1. The predicted octanol–water partition coefficient (Wildman–Crippen LogP) is 3.00. The first-order valence-corrected chi connectivity index (χ1v) is 6.54. The third-order valence-electron chi connectivity index (χ3n) is 3.87. The highest BCUT2D eigenvalue weighted by atomic mass is 19.1. The van der Waals surface area contributed by atoms with Gasteiger partial charge in [0.2, 0.25) is 0 Å². The summed E-state index contributed by atoms with van der Waals surface area (Å²) in [4.78, 5) is 12.9. The molecule has 1 fully saturated rings. The molecule has 0 heterocycles. The molecule has 0 bridgehead atoms. The van der Waals surface area contributed by atoms with Crippen molar-refractivity contribution in [2.45, 2.75) is 38.1 Å². The van der Waals surface area contributed by atoms with Crippen LogP contribution in [0.2, 0.25) is 0 Å². The van der Waals surface area contributed by atoms with Gasteiger partial charge in [0.1, 0.15) is 11.6 Å². The molecule has 1 saturated carbocycles. The first-order valence-electron chi connectivity index (χ1n) is 6.54. The average Bonchev–Trinajstić information content (AvgIpc) is 2.78. The van der Waals surface area contributed by atoms with Gasteiger partial charge in [0, 0.05) is 18.7 Å². The fourth-order valence-electron chi connectivity index (χ4n) is 2.95. The molecule has 0 radical (unpaired) electrons. The van der Waals surface area contributed by atoms with Crippen LogP contribution in [0.25, 0.3) is 0 Å². The van der Waals surface area contributed by atoms with Crippen molar-refractivity contribution < 1.29 is 13.6 Å². The van der Waals surface area contributed by atoms with Gasteiger partial charge in [-0.3, -0.25) is 0 Å². The summed E-state index contributed by atoms with van der Waals surface area (Å²) in [6.07, 6.45) is 2.27. The first kappa shape index (κ1) is 13.8. The number of urea groups is 1. The molecule has 1 aromatic carbocycles. The Kier molecular flexibility index (Phi) is 4.02. The quantitative estimate of drug-likeness (QED) is 0.900. The van der Waals surface area contributed by atoms with Gasteiger partial charge in [-0.25, -0.2) is 13.6 Å². The molecule has 104 valence electrons. The number of amides is 2. The van der Waals surface area contributed by atoms with Gasteiger partial charge in [-0.05, 0) is 43.7 Å². The van der Waals surface area contributed by atoms with E-state index in [1.165, 1.54) is 12.1 Å². The van der Waals surface area contributed by atoms with Crippen LogP contribution in [0.15, 0.2) is 18.2 Å². The Balaban J connectivity index is 2.11. The van der Waals surface area contributed by atoms with E-state index in [0.717, 1.165) is 18.9 Å². The topological polar surface area (TPSA) is 46.3 Å². The summed E-state index contributed by atoms with van der Waals surface area (Å²) >= 11 is 0. The Hall–Kier alpha value is -1.65. The highest BCUT2D eigenvalue weighted by molar-refractivity contribution is 5.72. The number of carbonyl (C=O) groups is 1. The van der Waals surface area contributed by atoms with E-state index in [0.29, 0.717) is 18.5 Å². The molecular formula is C14H18F2N2O. The third kappa shape index (κ3) is 2.85. The SMILES string of the molecule is CCN(C(N)=O)C1CCC(c2ccc(F)cc2F)C1. The van der Waals surface area contributed by atoms with Crippen molar-refractivity contribution in [1.29, 1.82) is 0 Å². The maximum Gasteiger partial charge on any atom is 0.315 e. The van der Waals surface area contributed by atoms with Crippen molar-refractivity contribution in [2.75, 3.05) is 6.54 Å². The van der Waals surface area contributed by atoms with Crippen LogP contribution in [0.1, 0.15) is 37.7 Å². The normalized spacial score (nSPS) is 22.5.